The van der Waals surface area contributed by atoms with E-state index in [-0.39, 0.29) is 0 Å². The Hall–Kier alpha value is -0.180. The van der Waals surface area contributed by atoms with Gasteiger partial charge < -0.3 is 4.90 Å². The summed E-state index contributed by atoms with van der Waals surface area (Å²) in [6.45, 7) is 4.15. The monoisotopic (exact) mass is 201 g/mol. The second-order valence-electron chi connectivity index (χ2n) is 3.39. The Kier molecular flexibility index (Phi) is 5.28. The normalized spacial score (nSPS) is 17.9. The third-order valence-electron chi connectivity index (χ3n) is 2.34. The van der Waals surface area contributed by atoms with Crippen molar-refractivity contribution in [2.45, 2.75) is 32.6 Å². The molecule has 0 aliphatic carbocycles. The van der Waals surface area contributed by atoms with Crippen LogP contribution >= 0.6 is 11.8 Å². The van der Waals surface area contributed by atoms with Gasteiger partial charge in [-0.1, -0.05) is 6.92 Å². The summed E-state index contributed by atoms with van der Waals surface area (Å²) < 4.78 is 0. The highest BCUT2D eigenvalue weighted by Gasteiger charge is 2.16. The summed E-state index contributed by atoms with van der Waals surface area (Å²) in [6.07, 6.45) is 4.23. The molecule has 0 aromatic rings. The molecule has 0 atom stereocenters. The molecule has 1 aliphatic heterocycles. The largest absolute Gasteiger partial charge is 0.343 e. The Morgan fingerprint density at radius 3 is 3.00 bits per heavy atom. The van der Waals surface area contributed by atoms with Crippen LogP contribution in [-0.4, -0.2) is 35.4 Å². The molecule has 0 aromatic carbocycles. The number of rotatable bonds is 5. The minimum absolute atomic E-state index is 0.368. The Bertz CT molecular complexity index is 161. The van der Waals surface area contributed by atoms with Gasteiger partial charge in [0, 0.05) is 19.5 Å². The van der Waals surface area contributed by atoms with Gasteiger partial charge in [0.1, 0.15) is 0 Å². The molecular formula is C10H19NOS. The van der Waals surface area contributed by atoms with E-state index in [9.17, 15) is 4.79 Å². The summed E-state index contributed by atoms with van der Waals surface area (Å²) in [4.78, 5) is 13.4. The van der Waals surface area contributed by atoms with E-state index in [1.54, 1.807) is 0 Å². The average Bonchev–Trinajstić information content (AvgIpc) is 2.15. The predicted octanol–water partition coefficient (Wildman–Crippen LogP) is 2.14. The first-order chi connectivity index (χ1) is 6.34. The van der Waals surface area contributed by atoms with Crippen LogP contribution in [-0.2, 0) is 4.79 Å². The molecule has 2 nitrogen and oxygen atoms in total. The average molecular weight is 201 g/mol. The van der Waals surface area contributed by atoms with Crippen LogP contribution in [0, 0.1) is 0 Å². The fourth-order valence-corrected chi connectivity index (χ4v) is 2.22. The lowest BCUT2D eigenvalue weighted by atomic mass is 10.1. The van der Waals surface area contributed by atoms with Crippen LogP contribution in [0.2, 0.25) is 0 Å². The van der Waals surface area contributed by atoms with E-state index >= 15 is 0 Å². The summed E-state index contributed by atoms with van der Waals surface area (Å²) in [5.74, 6) is 2.75. The second kappa shape index (κ2) is 6.30. The molecule has 0 N–H and O–H groups in total. The van der Waals surface area contributed by atoms with Gasteiger partial charge in [0.2, 0.25) is 5.91 Å². The van der Waals surface area contributed by atoms with E-state index in [1.807, 2.05) is 16.7 Å². The summed E-state index contributed by atoms with van der Waals surface area (Å²) in [5.41, 5.74) is 0. The molecule has 1 aliphatic rings. The van der Waals surface area contributed by atoms with Gasteiger partial charge in [0.05, 0.1) is 0 Å². The summed E-state index contributed by atoms with van der Waals surface area (Å²) in [7, 11) is 0. The lowest BCUT2D eigenvalue weighted by molar-refractivity contribution is -0.133. The van der Waals surface area contributed by atoms with Crippen LogP contribution in [0.15, 0.2) is 0 Å². The highest BCUT2D eigenvalue weighted by molar-refractivity contribution is 7.99. The molecule has 0 unspecified atom stereocenters. The van der Waals surface area contributed by atoms with Crippen molar-refractivity contribution >= 4 is 17.7 Å². The summed E-state index contributed by atoms with van der Waals surface area (Å²) >= 11 is 1.96. The van der Waals surface area contributed by atoms with Crippen LogP contribution in [0.3, 0.4) is 0 Å². The van der Waals surface area contributed by atoms with Crippen molar-refractivity contribution in [3.8, 4) is 0 Å². The Morgan fingerprint density at radius 1 is 1.46 bits per heavy atom. The van der Waals surface area contributed by atoms with Crippen LogP contribution in [0.5, 0.6) is 0 Å². The van der Waals surface area contributed by atoms with Crippen molar-refractivity contribution in [1.29, 1.82) is 0 Å². The lowest BCUT2D eigenvalue weighted by Crippen LogP contribution is -2.36. The number of piperidine rings is 1. The number of likely N-dealkylation sites (tertiary alicyclic amines) is 1. The number of carbonyl (C=O) groups is 1. The third kappa shape index (κ3) is 4.03. The van der Waals surface area contributed by atoms with Gasteiger partial charge in [-0.2, -0.15) is 11.8 Å². The smallest absolute Gasteiger partial charge is 0.222 e. The first-order valence-corrected chi connectivity index (χ1v) is 6.35. The van der Waals surface area contributed by atoms with E-state index in [1.165, 1.54) is 17.9 Å². The maximum Gasteiger partial charge on any atom is 0.222 e. The Labute approximate surface area is 85.1 Å². The highest BCUT2D eigenvalue weighted by Crippen LogP contribution is 2.11. The van der Waals surface area contributed by atoms with Gasteiger partial charge in [-0.3, -0.25) is 4.79 Å². The maximum absolute atomic E-state index is 11.4. The zero-order chi connectivity index (χ0) is 9.52. The van der Waals surface area contributed by atoms with E-state index in [0.717, 1.165) is 32.4 Å². The van der Waals surface area contributed by atoms with Gasteiger partial charge in [-0.15, -0.1) is 0 Å². The molecule has 0 radical (unpaired) electrons. The molecule has 0 spiro atoms. The minimum atomic E-state index is 0.368. The van der Waals surface area contributed by atoms with E-state index < -0.39 is 0 Å². The van der Waals surface area contributed by atoms with Gasteiger partial charge in [0.25, 0.3) is 0 Å². The summed E-state index contributed by atoms with van der Waals surface area (Å²) in [6, 6.07) is 0. The molecule has 1 rings (SSSR count). The minimum Gasteiger partial charge on any atom is -0.343 e. The zero-order valence-corrected chi connectivity index (χ0v) is 9.24. The van der Waals surface area contributed by atoms with E-state index in [4.69, 9.17) is 0 Å². The number of carbonyl (C=O) groups excluding carboxylic acids is 1. The molecule has 76 valence electrons. The molecule has 3 heteroatoms. The number of amides is 1. The van der Waals surface area contributed by atoms with Crippen LogP contribution in [0.4, 0.5) is 0 Å². The fraction of sp³-hybridized carbons (Fsp3) is 0.900. The van der Waals surface area contributed by atoms with Crippen molar-refractivity contribution in [1.82, 2.24) is 4.90 Å². The third-order valence-corrected chi connectivity index (χ3v) is 3.33. The van der Waals surface area contributed by atoms with Crippen molar-refractivity contribution < 1.29 is 4.79 Å². The molecular weight excluding hydrogens is 182 g/mol. The quantitative estimate of drug-likeness (QED) is 0.635. The number of nitrogens with zero attached hydrogens (tertiary/aromatic N) is 1. The lowest BCUT2D eigenvalue weighted by Gasteiger charge is -2.26. The van der Waals surface area contributed by atoms with Crippen LogP contribution < -0.4 is 0 Å². The first-order valence-electron chi connectivity index (χ1n) is 5.20. The molecule has 0 saturated carbocycles. The molecule has 1 saturated heterocycles. The summed E-state index contributed by atoms with van der Waals surface area (Å²) in [5, 5.41) is 0. The highest BCUT2D eigenvalue weighted by atomic mass is 32.2. The number of thioether (sulfide) groups is 1. The second-order valence-corrected chi connectivity index (χ2v) is 4.78. The van der Waals surface area contributed by atoms with Crippen LogP contribution in [0.25, 0.3) is 0 Å². The zero-order valence-electron chi connectivity index (χ0n) is 8.42. The Morgan fingerprint density at radius 2 is 2.31 bits per heavy atom. The van der Waals surface area contributed by atoms with E-state index in [0.29, 0.717) is 5.91 Å². The standard InChI is InChI=1S/C10H19NOS/c1-2-13-9-5-8-11-7-4-3-6-10(11)12/h2-9H2,1H3. The molecule has 0 aromatic heterocycles. The first kappa shape index (κ1) is 10.9. The fourth-order valence-electron chi connectivity index (χ4n) is 1.60. The molecule has 13 heavy (non-hydrogen) atoms. The molecule has 0 bridgehead atoms. The van der Waals surface area contributed by atoms with Gasteiger partial charge in [-0.05, 0) is 30.8 Å². The van der Waals surface area contributed by atoms with Crippen molar-refractivity contribution in [2.75, 3.05) is 24.6 Å². The van der Waals surface area contributed by atoms with Gasteiger partial charge in [0.15, 0.2) is 0 Å². The maximum atomic E-state index is 11.4. The predicted molar refractivity (Wildman–Crippen MR) is 58.0 cm³/mol. The van der Waals surface area contributed by atoms with Gasteiger partial charge >= 0.3 is 0 Å². The van der Waals surface area contributed by atoms with Crippen molar-refractivity contribution in [2.24, 2.45) is 0 Å². The Balaban J connectivity index is 2.08. The topological polar surface area (TPSA) is 20.3 Å². The SMILES string of the molecule is CCSCCCN1CCCCC1=O. The molecule has 1 fully saturated rings. The number of hydrogen-bond donors (Lipinski definition) is 0. The van der Waals surface area contributed by atoms with Crippen molar-refractivity contribution in [3.05, 3.63) is 0 Å². The van der Waals surface area contributed by atoms with Crippen LogP contribution in [0.1, 0.15) is 32.6 Å². The van der Waals surface area contributed by atoms with Crippen molar-refractivity contribution in [3.63, 3.8) is 0 Å². The van der Waals surface area contributed by atoms with E-state index in [2.05, 4.69) is 6.92 Å². The number of hydrogen-bond acceptors (Lipinski definition) is 2. The molecule has 1 heterocycles. The molecule has 1 amide bonds. The van der Waals surface area contributed by atoms with Gasteiger partial charge in [-0.25, -0.2) is 0 Å².